The summed E-state index contributed by atoms with van der Waals surface area (Å²) in [7, 11) is 0. The van der Waals surface area contributed by atoms with Gasteiger partial charge in [0.15, 0.2) is 0 Å². The number of benzene rings is 2. The van der Waals surface area contributed by atoms with E-state index in [0.29, 0.717) is 24.8 Å². The molecule has 3 aromatic rings. The molecule has 1 fully saturated rings. The van der Waals surface area contributed by atoms with Crippen molar-refractivity contribution in [3.05, 3.63) is 70.0 Å². The number of aryl methyl sites for hydroxylation is 1. The molecule has 0 saturated carbocycles. The summed E-state index contributed by atoms with van der Waals surface area (Å²) in [6, 6.07) is 16.0. The van der Waals surface area contributed by atoms with Crippen LogP contribution in [-0.2, 0) is 11.3 Å². The summed E-state index contributed by atoms with van der Waals surface area (Å²) in [4.78, 5) is 19.7. The van der Waals surface area contributed by atoms with E-state index in [9.17, 15) is 4.79 Å². The van der Waals surface area contributed by atoms with Gasteiger partial charge in [0, 0.05) is 16.6 Å². The van der Waals surface area contributed by atoms with Crippen molar-refractivity contribution in [2.75, 3.05) is 13.1 Å². The summed E-state index contributed by atoms with van der Waals surface area (Å²) in [6.07, 6.45) is 1.88. The molecule has 31 heavy (non-hydrogen) atoms. The van der Waals surface area contributed by atoms with Gasteiger partial charge < -0.3 is 9.84 Å². The molecule has 2 aromatic carbocycles. The van der Waals surface area contributed by atoms with Crippen LogP contribution < -0.4 is 5.32 Å². The van der Waals surface area contributed by atoms with Crippen LogP contribution in [0.1, 0.15) is 42.8 Å². The average molecular weight is 483 g/mol. The molecular weight excluding hydrogens is 456 g/mol. The van der Waals surface area contributed by atoms with Crippen molar-refractivity contribution < 1.29 is 9.32 Å². The Kier molecular flexibility index (Phi) is 6.83. The Labute approximate surface area is 191 Å². The first kappa shape index (κ1) is 21.7. The third-order valence-electron chi connectivity index (χ3n) is 5.82. The first-order valence-electron chi connectivity index (χ1n) is 10.7. The van der Waals surface area contributed by atoms with Crippen LogP contribution in [0.4, 0.5) is 0 Å². The molecule has 0 bridgehead atoms. The summed E-state index contributed by atoms with van der Waals surface area (Å²) in [5.41, 5.74) is 3.27. The van der Waals surface area contributed by atoms with E-state index in [1.165, 1.54) is 5.56 Å². The molecule has 4 rings (SSSR count). The van der Waals surface area contributed by atoms with Crippen LogP contribution in [0.3, 0.4) is 0 Å². The smallest absolute Gasteiger partial charge is 0.241 e. The number of hydrogen-bond donors (Lipinski definition) is 1. The first-order chi connectivity index (χ1) is 15.0. The molecule has 0 radical (unpaired) electrons. The maximum Gasteiger partial charge on any atom is 0.241 e. The number of nitrogens with zero attached hydrogens (tertiary/aromatic N) is 3. The van der Waals surface area contributed by atoms with Crippen LogP contribution in [-0.4, -0.2) is 34.0 Å². The van der Waals surface area contributed by atoms with E-state index in [4.69, 9.17) is 4.52 Å². The molecule has 1 amide bonds. The topological polar surface area (TPSA) is 71.3 Å². The Bertz CT molecular complexity index is 1030. The lowest BCUT2D eigenvalue weighted by Crippen LogP contribution is -2.43. The number of piperidine rings is 1. The van der Waals surface area contributed by atoms with Crippen LogP contribution in [0.25, 0.3) is 11.4 Å². The molecule has 0 aliphatic carbocycles. The summed E-state index contributed by atoms with van der Waals surface area (Å²) < 4.78 is 6.48. The van der Waals surface area contributed by atoms with E-state index in [2.05, 4.69) is 55.3 Å². The van der Waals surface area contributed by atoms with Gasteiger partial charge >= 0.3 is 0 Å². The number of carbonyl (C=O) groups is 1. The molecule has 0 spiro atoms. The van der Waals surface area contributed by atoms with Gasteiger partial charge in [-0.2, -0.15) is 4.98 Å². The zero-order chi connectivity index (χ0) is 21.8. The van der Waals surface area contributed by atoms with Gasteiger partial charge in [0.05, 0.1) is 18.5 Å². The fourth-order valence-corrected chi connectivity index (χ4v) is 4.39. The molecule has 2 unspecified atom stereocenters. The molecule has 7 heteroatoms. The third-order valence-corrected chi connectivity index (χ3v) is 6.35. The van der Waals surface area contributed by atoms with Crippen molar-refractivity contribution >= 4 is 21.8 Å². The van der Waals surface area contributed by atoms with Crippen molar-refractivity contribution in [2.45, 2.75) is 39.3 Å². The number of nitrogens with one attached hydrogen (secondary N) is 1. The number of aromatic nitrogens is 2. The highest BCUT2D eigenvalue weighted by molar-refractivity contribution is 9.10. The van der Waals surface area contributed by atoms with E-state index in [-0.39, 0.29) is 17.9 Å². The van der Waals surface area contributed by atoms with Gasteiger partial charge in [-0.25, -0.2) is 0 Å². The summed E-state index contributed by atoms with van der Waals surface area (Å²) in [5.74, 6) is 1.24. The predicted molar refractivity (Wildman–Crippen MR) is 123 cm³/mol. The second-order valence-electron chi connectivity index (χ2n) is 8.18. The molecule has 2 heterocycles. The summed E-state index contributed by atoms with van der Waals surface area (Å²) >= 11 is 3.43. The van der Waals surface area contributed by atoms with Crippen LogP contribution >= 0.6 is 15.9 Å². The minimum atomic E-state index is -0.0333. The molecule has 1 N–H and O–H groups in total. The van der Waals surface area contributed by atoms with Crippen molar-refractivity contribution in [3.63, 3.8) is 0 Å². The Balaban J connectivity index is 1.35. The summed E-state index contributed by atoms with van der Waals surface area (Å²) in [6.45, 7) is 6.30. The van der Waals surface area contributed by atoms with Crippen molar-refractivity contribution in [1.29, 1.82) is 0 Å². The highest BCUT2D eigenvalue weighted by Crippen LogP contribution is 2.23. The minimum Gasteiger partial charge on any atom is -0.349 e. The lowest BCUT2D eigenvalue weighted by Gasteiger charge is -2.31. The number of halogens is 1. The lowest BCUT2D eigenvalue weighted by molar-refractivity contribution is -0.127. The van der Waals surface area contributed by atoms with Crippen molar-refractivity contribution in [1.82, 2.24) is 20.4 Å². The highest BCUT2D eigenvalue weighted by atomic mass is 79.9. The number of hydrogen-bond acceptors (Lipinski definition) is 5. The van der Waals surface area contributed by atoms with E-state index in [1.54, 1.807) is 0 Å². The van der Waals surface area contributed by atoms with Crippen LogP contribution in [0.2, 0.25) is 0 Å². The van der Waals surface area contributed by atoms with Gasteiger partial charge in [0.25, 0.3) is 0 Å². The highest BCUT2D eigenvalue weighted by Gasteiger charge is 2.28. The van der Waals surface area contributed by atoms with Gasteiger partial charge in [-0.1, -0.05) is 45.4 Å². The van der Waals surface area contributed by atoms with E-state index in [0.717, 1.165) is 35.0 Å². The molecule has 1 saturated heterocycles. The van der Waals surface area contributed by atoms with Crippen LogP contribution in [0.5, 0.6) is 0 Å². The lowest BCUT2D eigenvalue weighted by atomic mass is 9.95. The van der Waals surface area contributed by atoms with Gasteiger partial charge in [-0.05, 0) is 68.6 Å². The molecule has 1 aromatic heterocycles. The second kappa shape index (κ2) is 9.75. The largest absolute Gasteiger partial charge is 0.349 e. The van der Waals surface area contributed by atoms with Crippen LogP contribution in [0, 0.1) is 12.8 Å². The fourth-order valence-electron chi connectivity index (χ4n) is 4.12. The second-order valence-corrected chi connectivity index (χ2v) is 9.10. The molecular formula is C24H27BrN4O2. The molecule has 162 valence electrons. The monoisotopic (exact) mass is 482 g/mol. The maximum absolute atomic E-state index is 12.9. The average Bonchev–Trinajstić information content (AvgIpc) is 3.23. The predicted octanol–water partition coefficient (Wildman–Crippen LogP) is 4.90. The number of carbonyl (C=O) groups excluding carboxylic acids is 1. The van der Waals surface area contributed by atoms with E-state index >= 15 is 0 Å². The zero-order valence-electron chi connectivity index (χ0n) is 17.8. The SMILES string of the molecule is Cc1ccccc1C(C)NC(=O)C1CCCN(Cc2nc(-c3ccc(Br)cc3)no2)C1. The van der Waals surface area contributed by atoms with Gasteiger partial charge in [0.1, 0.15) is 0 Å². The van der Waals surface area contributed by atoms with Crippen molar-refractivity contribution in [2.24, 2.45) is 5.92 Å². The molecule has 2 atom stereocenters. The van der Waals surface area contributed by atoms with Crippen LogP contribution in [0.15, 0.2) is 57.5 Å². The fraction of sp³-hybridized carbons (Fsp3) is 0.375. The Hall–Kier alpha value is -2.51. The van der Waals surface area contributed by atoms with E-state index in [1.807, 2.05) is 43.3 Å². The normalized spacial score (nSPS) is 18.0. The summed E-state index contributed by atoms with van der Waals surface area (Å²) in [5, 5.41) is 7.31. The Morgan fingerprint density at radius 1 is 1.26 bits per heavy atom. The number of amides is 1. The maximum atomic E-state index is 12.9. The van der Waals surface area contributed by atoms with Gasteiger partial charge in [-0.15, -0.1) is 0 Å². The zero-order valence-corrected chi connectivity index (χ0v) is 19.4. The molecule has 6 nitrogen and oxygen atoms in total. The molecule has 1 aliphatic heterocycles. The molecule has 1 aliphatic rings. The van der Waals surface area contributed by atoms with Gasteiger partial charge in [0.2, 0.25) is 17.6 Å². The Morgan fingerprint density at radius 3 is 2.81 bits per heavy atom. The quantitative estimate of drug-likeness (QED) is 0.540. The number of rotatable bonds is 6. The first-order valence-corrected chi connectivity index (χ1v) is 11.5. The van der Waals surface area contributed by atoms with Crippen molar-refractivity contribution in [3.8, 4) is 11.4 Å². The van der Waals surface area contributed by atoms with Gasteiger partial charge in [-0.3, -0.25) is 9.69 Å². The minimum absolute atomic E-state index is 0.00603. The number of likely N-dealkylation sites (tertiary alicyclic amines) is 1. The van der Waals surface area contributed by atoms with E-state index < -0.39 is 0 Å². The Morgan fingerprint density at radius 2 is 2.03 bits per heavy atom. The third kappa shape index (κ3) is 5.40. The standard InChI is InChI=1S/C24H27BrN4O2/c1-16-6-3-4-8-21(16)17(2)26-24(30)19-7-5-13-29(14-19)15-22-27-23(28-31-22)18-9-11-20(25)12-10-18/h3-4,6,8-12,17,19H,5,7,13-15H2,1-2H3,(H,26,30).